The minimum Gasteiger partial charge on any atom is -0.326 e. The third kappa shape index (κ3) is 5.60. The van der Waals surface area contributed by atoms with Crippen LogP contribution in [-0.4, -0.2) is 35.7 Å². The zero-order valence-corrected chi connectivity index (χ0v) is 17.9. The van der Waals surface area contributed by atoms with Crippen molar-refractivity contribution in [2.45, 2.75) is 26.7 Å². The highest BCUT2D eigenvalue weighted by Crippen LogP contribution is 2.27. The van der Waals surface area contributed by atoms with Gasteiger partial charge >= 0.3 is 6.03 Å². The summed E-state index contributed by atoms with van der Waals surface area (Å²) in [5.74, 6) is -0.0113. The standard InChI is InChI=1S/C23H26ClN3O3/c1-15(22(29)25-20-7-3-18(4-8-20)16(2)28)17-11-13-27(14-12-17)23(30)26-21-9-5-19(24)6-10-21/h3-10,15,17H,11-14H2,1-2H3,(H,25,29)(H,26,30). The molecule has 1 aliphatic rings. The molecule has 6 nitrogen and oxygen atoms in total. The van der Waals surface area contributed by atoms with Crippen LogP contribution in [-0.2, 0) is 4.79 Å². The smallest absolute Gasteiger partial charge is 0.321 e. The number of halogens is 1. The van der Waals surface area contributed by atoms with Crippen LogP contribution in [0, 0.1) is 11.8 Å². The first kappa shape index (κ1) is 21.8. The third-order valence-corrected chi connectivity index (χ3v) is 5.85. The molecule has 3 rings (SSSR count). The van der Waals surface area contributed by atoms with E-state index >= 15 is 0 Å². The van der Waals surface area contributed by atoms with Crippen molar-refractivity contribution in [2.75, 3.05) is 23.7 Å². The Bertz CT molecular complexity index is 904. The van der Waals surface area contributed by atoms with Gasteiger partial charge in [-0.3, -0.25) is 9.59 Å². The summed E-state index contributed by atoms with van der Waals surface area (Å²) in [6, 6.07) is 13.8. The number of anilines is 2. The monoisotopic (exact) mass is 427 g/mol. The molecule has 1 saturated heterocycles. The maximum Gasteiger partial charge on any atom is 0.321 e. The molecule has 1 atom stereocenters. The van der Waals surface area contributed by atoms with Gasteiger partial charge in [-0.1, -0.05) is 18.5 Å². The molecular weight excluding hydrogens is 402 g/mol. The van der Waals surface area contributed by atoms with Crippen LogP contribution in [0.25, 0.3) is 0 Å². The van der Waals surface area contributed by atoms with Crippen LogP contribution in [0.4, 0.5) is 16.2 Å². The van der Waals surface area contributed by atoms with Gasteiger partial charge in [-0.05, 0) is 74.2 Å². The van der Waals surface area contributed by atoms with Crippen molar-refractivity contribution in [3.8, 4) is 0 Å². The van der Waals surface area contributed by atoms with E-state index in [2.05, 4.69) is 10.6 Å². The Balaban J connectivity index is 1.48. The number of hydrogen-bond donors (Lipinski definition) is 2. The van der Waals surface area contributed by atoms with Gasteiger partial charge in [0.05, 0.1) is 0 Å². The zero-order chi connectivity index (χ0) is 21.7. The summed E-state index contributed by atoms with van der Waals surface area (Å²) < 4.78 is 0. The van der Waals surface area contributed by atoms with Crippen LogP contribution in [0.1, 0.15) is 37.0 Å². The second kappa shape index (κ2) is 9.76. The molecular formula is C23H26ClN3O3. The van der Waals surface area contributed by atoms with Crippen molar-refractivity contribution in [3.05, 3.63) is 59.1 Å². The van der Waals surface area contributed by atoms with Gasteiger partial charge in [0, 0.05) is 41.0 Å². The number of carbonyl (C=O) groups is 3. The van der Waals surface area contributed by atoms with Gasteiger partial charge in [-0.2, -0.15) is 0 Å². The highest BCUT2D eigenvalue weighted by Gasteiger charge is 2.30. The highest BCUT2D eigenvalue weighted by molar-refractivity contribution is 6.30. The van der Waals surface area contributed by atoms with Crippen molar-refractivity contribution < 1.29 is 14.4 Å². The van der Waals surface area contributed by atoms with Crippen molar-refractivity contribution >= 4 is 40.7 Å². The van der Waals surface area contributed by atoms with Crippen molar-refractivity contribution in [3.63, 3.8) is 0 Å². The molecule has 0 saturated carbocycles. The average molecular weight is 428 g/mol. The van der Waals surface area contributed by atoms with Gasteiger partial charge in [-0.25, -0.2) is 4.79 Å². The lowest BCUT2D eigenvalue weighted by molar-refractivity contribution is -0.121. The minimum atomic E-state index is -0.168. The van der Waals surface area contributed by atoms with Crippen LogP contribution < -0.4 is 10.6 Å². The Morgan fingerprint density at radius 3 is 2.03 bits per heavy atom. The summed E-state index contributed by atoms with van der Waals surface area (Å²) in [5, 5.41) is 6.42. The quantitative estimate of drug-likeness (QED) is 0.654. The normalized spacial score (nSPS) is 15.4. The molecule has 1 aliphatic heterocycles. The SMILES string of the molecule is CC(=O)c1ccc(NC(=O)C(C)C2CCN(C(=O)Nc3ccc(Cl)cc3)CC2)cc1. The molecule has 0 spiro atoms. The number of hydrogen-bond acceptors (Lipinski definition) is 3. The van der Waals surface area contributed by atoms with Crippen molar-refractivity contribution in [1.82, 2.24) is 4.90 Å². The first-order valence-electron chi connectivity index (χ1n) is 10.1. The fourth-order valence-electron chi connectivity index (χ4n) is 3.60. The van der Waals surface area contributed by atoms with E-state index in [0.717, 1.165) is 12.8 Å². The number of carbonyl (C=O) groups excluding carboxylic acids is 3. The Labute approximate surface area is 181 Å². The molecule has 0 radical (unpaired) electrons. The van der Waals surface area contributed by atoms with Crippen LogP contribution in [0.2, 0.25) is 5.02 Å². The van der Waals surface area contributed by atoms with Gasteiger partial charge in [0.15, 0.2) is 5.78 Å². The van der Waals surface area contributed by atoms with E-state index in [1.807, 2.05) is 6.92 Å². The molecule has 1 heterocycles. The minimum absolute atomic E-state index is 0.00639. The number of rotatable bonds is 5. The van der Waals surface area contributed by atoms with Crippen LogP contribution in [0.15, 0.2) is 48.5 Å². The number of ketones is 1. The van der Waals surface area contributed by atoms with E-state index in [-0.39, 0.29) is 29.6 Å². The number of amides is 3. The summed E-state index contributed by atoms with van der Waals surface area (Å²) in [6.07, 6.45) is 1.54. The summed E-state index contributed by atoms with van der Waals surface area (Å²) in [6.45, 7) is 4.65. The number of urea groups is 1. The fraction of sp³-hybridized carbons (Fsp3) is 0.348. The van der Waals surface area contributed by atoms with Crippen LogP contribution in [0.3, 0.4) is 0 Å². The van der Waals surface area contributed by atoms with Crippen molar-refractivity contribution in [1.29, 1.82) is 0 Å². The molecule has 3 amide bonds. The number of Topliss-reactive ketones (excluding diaryl/α,β-unsaturated/α-hetero) is 1. The fourth-order valence-corrected chi connectivity index (χ4v) is 3.72. The Morgan fingerprint density at radius 2 is 1.47 bits per heavy atom. The Kier molecular flexibility index (Phi) is 7.11. The molecule has 158 valence electrons. The van der Waals surface area contributed by atoms with E-state index in [1.165, 1.54) is 6.92 Å². The van der Waals surface area contributed by atoms with Gasteiger partial charge in [0.1, 0.15) is 0 Å². The highest BCUT2D eigenvalue weighted by atomic mass is 35.5. The zero-order valence-electron chi connectivity index (χ0n) is 17.2. The molecule has 1 fully saturated rings. The number of benzene rings is 2. The van der Waals surface area contributed by atoms with E-state index in [0.29, 0.717) is 35.1 Å². The predicted molar refractivity (Wildman–Crippen MR) is 119 cm³/mol. The second-order valence-electron chi connectivity index (χ2n) is 7.67. The molecule has 30 heavy (non-hydrogen) atoms. The number of nitrogens with one attached hydrogen (secondary N) is 2. The second-order valence-corrected chi connectivity index (χ2v) is 8.11. The summed E-state index contributed by atoms with van der Waals surface area (Å²) in [4.78, 5) is 38.2. The Morgan fingerprint density at radius 1 is 0.933 bits per heavy atom. The molecule has 1 unspecified atom stereocenters. The van der Waals surface area contributed by atoms with Crippen LogP contribution >= 0.6 is 11.6 Å². The number of piperidine rings is 1. The largest absolute Gasteiger partial charge is 0.326 e. The summed E-state index contributed by atoms with van der Waals surface area (Å²) in [5.41, 5.74) is 2.00. The lowest BCUT2D eigenvalue weighted by Gasteiger charge is -2.34. The maximum absolute atomic E-state index is 12.6. The van der Waals surface area contributed by atoms with E-state index in [9.17, 15) is 14.4 Å². The maximum atomic E-state index is 12.6. The molecule has 0 bridgehead atoms. The third-order valence-electron chi connectivity index (χ3n) is 5.60. The summed E-state index contributed by atoms with van der Waals surface area (Å²) >= 11 is 5.87. The molecule has 7 heteroatoms. The lowest BCUT2D eigenvalue weighted by atomic mass is 9.85. The molecule has 2 aromatic rings. The first-order valence-corrected chi connectivity index (χ1v) is 10.4. The molecule has 0 aliphatic carbocycles. The number of likely N-dealkylation sites (tertiary alicyclic amines) is 1. The Hall–Kier alpha value is -2.86. The van der Waals surface area contributed by atoms with E-state index in [1.54, 1.807) is 53.4 Å². The summed E-state index contributed by atoms with van der Waals surface area (Å²) in [7, 11) is 0. The van der Waals surface area contributed by atoms with E-state index < -0.39 is 0 Å². The van der Waals surface area contributed by atoms with Gasteiger partial charge in [0.2, 0.25) is 5.91 Å². The predicted octanol–water partition coefficient (Wildman–Crippen LogP) is 5.06. The topological polar surface area (TPSA) is 78.5 Å². The van der Waals surface area contributed by atoms with Gasteiger partial charge < -0.3 is 15.5 Å². The number of nitrogens with zero attached hydrogens (tertiary/aromatic N) is 1. The van der Waals surface area contributed by atoms with Gasteiger partial charge in [0.25, 0.3) is 0 Å². The van der Waals surface area contributed by atoms with Gasteiger partial charge in [-0.15, -0.1) is 0 Å². The van der Waals surface area contributed by atoms with Crippen LogP contribution in [0.5, 0.6) is 0 Å². The van der Waals surface area contributed by atoms with Crippen molar-refractivity contribution in [2.24, 2.45) is 11.8 Å². The lowest BCUT2D eigenvalue weighted by Crippen LogP contribution is -2.43. The molecule has 0 aromatic heterocycles. The first-order chi connectivity index (χ1) is 14.3. The average Bonchev–Trinajstić information content (AvgIpc) is 2.75. The molecule has 2 aromatic carbocycles. The molecule has 2 N–H and O–H groups in total. The van der Waals surface area contributed by atoms with E-state index in [4.69, 9.17) is 11.6 Å².